The van der Waals surface area contributed by atoms with Crippen LogP contribution < -0.4 is 0 Å². The molecular weight excluding hydrogens is 306 g/mol. The number of aromatic nitrogens is 2. The van der Waals surface area contributed by atoms with Gasteiger partial charge in [0.2, 0.25) is 11.8 Å². The van der Waals surface area contributed by atoms with Crippen molar-refractivity contribution in [2.75, 3.05) is 0 Å². The van der Waals surface area contributed by atoms with Crippen LogP contribution in [0.1, 0.15) is 35.5 Å². The summed E-state index contributed by atoms with van der Waals surface area (Å²) in [7, 11) is 0. The van der Waals surface area contributed by atoms with Crippen molar-refractivity contribution >= 4 is 15.9 Å². The molecule has 1 aromatic heterocycles. The molecule has 0 fully saturated rings. The third kappa shape index (κ3) is 2.93. The number of benzene rings is 1. The van der Waals surface area contributed by atoms with Crippen LogP contribution in [0.4, 0.5) is 8.78 Å². The van der Waals surface area contributed by atoms with Crippen molar-refractivity contribution in [1.29, 1.82) is 0 Å². The highest BCUT2D eigenvalue weighted by atomic mass is 79.9. The number of nitrogens with zero attached hydrogens (tertiary/aromatic N) is 2. The fraction of sp³-hybridized carbons (Fsp3) is 0.333. The van der Waals surface area contributed by atoms with E-state index in [1.807, 2.05) is 6.92 Å². The normalized spacial score (nSPS) is 12.7. The highest BCUT2D eigenvalue weighted by Gasteiger charge is 2.15. The largest absolute Gasteiger partial charge is 0.424 e. The van der Waals surface area contributed by atoms with E-state index in [0.29, 0.717) is 17.3 Å². The van der Waals surface area contributed by atoms with Crippen LogP contribution in [0, 0.1) is 11.6 Å². The number of alkyl halides is 1. The zero-order chi connectivity index (χ0) is 13.1. The molecule has 96 valence electrons. The summed E-state index contributed by atoms with van der Waals surface area (Å²) >= 11 is 3.39. The Morgan fingerprint density at radius 1 is 1.33 bits per heavy atom. The first-order chi connectivity index (χ1) is 8.60. The first-order valence-electron chi connectivity index (χ1n) is 5.50. The molecule has 0 radical (unpaired) electrons. The second-order valence-corrected chi connectivity index (χ2v) is 4.93. The molecule has 2 rings (SSSR count). The van der Waals surface area contributed by atoms with E-state index < -0.39 is 11.6 Å². The topological polar surface area (TPSA) is 38.9 Å². The maximum Gasteiger partial charge on any atom is 0.230 e. The first-order valence-corrected chi connectivity index (χ1v) is 6.42. The smallest absolute Gasteiger partial charge is 0.230 e. The van der Waals surface area contributed by atoms with E-state index >= 15 is 0 Å². The minimum Gasteiger partial charge on any atom is -0.424 e. The molecule has 3 nitrogen and oxygen atoms in total. The van der Waals surface area contributed by atoms with Crippen LogP contribution in [-0.2, 0) is 6.42 Å². The van der Waals surface area contributed by atoms with Gasteiger partial charge in [0.1, 0.15) is 11.6 Å². The standard InChI is InChI=1S/C12H11BrF2N2O/c1-2-9(13)12-17-16-11(18-12)5-7-3-4-8(14)6-10(7)15/h3-4,6,9H,2,5H2,1H3. The lowest BCUT2D eigenvalue weighted by Crippen LogP contribution is -1.93. The summed E-state index contributed by atoms with van der Waals surface area (Å²) in [5.41, 5.74) is 0.328. The Morgan fingerprint density at radius 2 is 2.11 bits per heavy atom. The molecule has 0 aliphatic carbocycles. The van der Waals surface area contributed by atoms with Crippen LogP contribution in [0.3, 0.4) is 0 Å². The van der Waals surface area contributed by atoms with E-state index in [1.165, 1.54) is 12.1 Å². The molecule has 0 N–H and O–H groups in total. The molecule has 2 aromatic rings. The predicted octanol–water partition coefficient (Wildman–Crippen LogP) is 3.78. The lowest BCUT2D eigenvalue weighted by molar-refractivity contribution is 0.450. The van der Waals surface area contributed by atoms with Crippen molar-refractivity contribution in [3.63, 3.8) is 0 Å². The molecule has 0 aliphatic heterocycles. The van der Waals surface area contributed by atoms with Gasteiger partial charge in [0.15, 0.2) is 0 Å². The molecule has 1 unspecified atom stereocenters. The van der Waals surface area contributed by atoms with Crippen LogP contribution in [0.25, 0.3) is 0 Å². The summed E-state index contributed by atoms with van der Waals surface area (Å²) in [6.45, 7) is 1.98. The number of halogens is 3. The Kier molecular flexibility index (Phi) is 4.06. The first kappa shape index (κ1) is 13.1. The minimum atomic E-state index is -0.611. The zero-order valence-corrected chi connectivity index (χ0v) is 11.2. The van der Waals surface area contributed by atoms with Crippen LogP contribution in [0.5, 0.6) is 0 Å². The third-order valence-electron chi connectivity index (χ3n) is 2.47. The van der Waals surface area contributed by atoms with E-state index in [0.717, 1.165) is 12.5 Å². The van der Waals surface area contributed by atoms with Gasteiger partial charge in [0, 0.05) is 6.07 Å². The summed E-state index contributed by atoms with van der Waals surface area (Å²) in [5.74, 6) is -0.432. The monoisotopic (exact) mass is 316 g/mol. The van der Waals surface area contributed by atoms with Gasteiger partial charge in [0.05, 0.1) is 11.2 Å². The van der Waals surface area contributed by atoms with Crippen molar-refractivity contribution < 1.29 is 13.2 Å². The summed E-state index contributed by atoms with van der Waals surface area (Å²) in [6.07, 6.45) is 0.967. The molecule has 0 spiro atoms. The van der Waals surface area contributed by atoms with Gasteiger partial charge in [-0.1, -0.05) is 28.9 Å². The predicted molar refractivity (Wildman–Crippen MR) is 65.4 cm³/mol. The second-order valence-electron chi connectivity index (χ2n) is 3.82. The van der Waals surface area contributed by atoms with E-state index in [4.69, 9.17) is 4.42 Å². The second kappa shape index (κ2) is 5.56. The average Bonchev–Trinajstić information content (AvgIpc) is 2.80. The molecule has 0 saturated heterocycles. The van der Waals surface area contributed by atoms with Gasteiger partial charge in [-0.2, -0.15) is 0 Å². The molecule has 18 heavy (non-hydrogen) atoms. The van der Waals surface area contributed by atoms with Crippen molar-refractivity contribution in [1.82, 2.24) is 10.2 Å². The maximum atomic E-state index is 13.4. The number of rotatable bonds is 4. The Hall–Kier alpha value is -1.30. The van der Waals surface area contributed by atoms with Crippen LogP contribution in [-0.4, -0.2) is 10.2 Å². The Morgan fingerprint density at radius 3 is 2.78 bits per heavy atom. The molecule has 0 bridgehead atoms. The van der Waals surface area contributed by atoms with Gasteiger partial charge >= 0.3 is 0 Å². The van der Waals surface area contributed by atoms with E-state index in [-0.39, 0.29) is 11.2 Å². The van der Waals surface area contributed by atoms with Crippen LogP contribution >= 0.6 is 15.9 Å². The van der Waals surface area contributed by atoms with Crippen molar-refractivity contribution in [3.05, 3.63) is 47.2 Å². The van der Waals surface area contributed by atoms with Crippen LogP contribution in [0.15, 0.2) is 22.6 Å². The molecule has 1 atom stereocenters. The maximum absolute atomic E-state index is 13.4. The average molecular weight is 317 g/mol. The van der Waals surface area contributed by atoms with Crippen LogP contribution in [0.2, 0.25) is 0 Å². The summed E-state index contributed by atoms with van der Waals surface area (Å²) in [6, 6.07) is 3.42. The van der Waals surface area contributed by atoms with Gasteiger partial charge in [0.25, 0.3) is 0 Å². The SMILES string of the molecule is CCC(Br)c1nnc(Cc2ccc(F)cc2F)o1. The quantitative estimate of drug-likeness (QED) is 0.806. The van der Waals surface area contributed by atoms with Gasteiger partial charge in [-0.25, -0.2) is 8.78 Å². The minimum absolute atomic E-state index is 0.00295. The van der Waals surface area contributed by atoms with E-state index in [9.17, 15) is 8.78 Å². The summed E-state index contributed by atoms with van der Waals surface area (Å²) in [4.78, 5) is -0.00295. The molecule has 0 saturated carbocycles. The highest BCUT2D eigenvalue weighted by Crippen LogP contribution is 2.25. The van der Waals surface area contributed by atoms with E-state index in [1.54, 1.807) is 0 Å². The molecular formula is C12H11BrF2N2O. The Balaban J connectivity index is 2.16. The fourth-order valence-electron chi connectivity index (χ4n) is 1.47. The van der Waals surface area contributed by atoms with Gasteiger partial charge in [-0.15, -0.1) is 10.2 Å². The fourth-order valence-corrected chi connectivity index (χ4v) is 1.65. The van der Waals surface area contributed by atoms with Gasteiger partial charge in [-0.3, -0.25) is 0 Å². The number of hydrogen-bond acceptors (Lipinski definition) is 3. The van der Waals surface area contributed by atoms with Crippen molar-refractivity contribution in [2.24, 2.45) is 0 Å². The molecule has 1 aromatic carbocycles. The third-order valence-corrected chi connectivity index (χ3v) is 3.50. The molecule has 6 heteroatoms. The summed E-state index contributed by atoms with van der Waals surface area (Å²) in [5, 5.41) is 7.71. The number of hydrogen-bond donors (Lipinski definition) is 0. The zero-order valence-electron chi connectivity index (χ0n) is 9.66. The van der Waals surface area contributed by atoms with Gasteiger partial charge < -0.3 is 4.42 Å². The lowest BCUT2D eigenvalue weighted by Gasteiger charge is -2.00. The van der Waals surface area contributed by atoms with E-state index in [2.05, 4.69) is 26.1 Å². The Labute approximate surface area is 111 Å². The van der Waals surface area contributed by atoms with Gasteiger partial charge in [-0.05, 0) is 18.1 Å². The van der Waals surface area contributed by atoms with Crippen molar-refractivity contribution in [2.45, 2.75) is 24.6 Å². The Bertz CT molecular complexity index is 545. The highest BCUT2D eigenvalue weighted by molar-refractivity contribution is 9.09. The molecule has 0 amide bonds. The summed E-state index contributed by atoms with van der Waals surface area (Å²) < 4.78 is 31.6. The van der Waals surface area contributed by atoms with Crippen molar-refractivity contribution in [3.8, 4) is 0 Å². The molecule has 1 heterocycles. The lowest BCUT2D eigenvalue weighted by atomic mass is 10.1. The molecule has 0 aliphatic rings.